The minimum atomic E-state index is 0.261. The summed E-state index contributed by atoms with van der Waals surface area (Å²) in [5.74, 6) is 1.98. The van der Waals surface area contributed by atoms with Crippen molar-refractivity contribution in [1.29, 1.82) is 0 Å². The molecule has 0 bridgehead atoms. The van der Waals surface area contributed by atoms with Crippen LogP contribution >= 0.6 is 0 Å². The Hall–Kier alpha value is -2.46. The molecule has 2 aromatic carbocycles. The molecule has 1 aromatic heterocycles. The van der Waals surface area contributed by atoms with E-state index in [1.54, 1.807) is 24.5 Å². The fraction of sp³-hybridized carbons (Fsp3) is 0.300. The lowest BCUT2D eigenvalue weighted by atomic mass is 9.90. The summed E-state index contributed by atoms with van der Waals surface area (Å²) in [6.45, 7) is 2.78. The summed E-state index contributed by atoms with van der Waals surface area (Å²) in [6, 6.07) is 12.9. The van der Waals surface area contributed by atoms with Crippen molar-refractivity contribution in [3.05, 3.63) is 60.1 Å². The van der Waals surface area contributed by atoms with E-state index in [4.69, 9.17) is 4.42 Å². The molecule has 124 valence electrons. The molecule has 1 saturated heterocycles. The van der Waals surface area contributed by atoms with E-state index in [-0.39, 0.29) is 5.75 Å². The molecule has 4 heteroatoms. The molecule has 0 saturated carbocycles. The molecular weight excluding hydrogens is 302 g/mol. The molecule has 1 aliphatic heterocycles. The second-order valence-corrected chi connectivity index (χ2v) is 6.60. The number of phenols is 2. The molecule has 1 fully saturated rings. The molecule has 3 aromatic rings. The standard InChI is InChI=1S/C20H21NO3/c22-17-5-1-3-14(9-17)15-4-2-8-21(11-15)12-20-19-7-6-18(23)10-16(19)13-24-20/h1,3,5-7,9-10,13,15,22-23H,2,4,8,11-12H2. The SMILES string of the molecule is Oc1cccc(C2CCCN(Cc3occ4cc(O)ccc34)C2)c1. The largest absolute Gasteiger partial charge is 0.508 e. The topological polar surface area (TPSA) is 56.8 Å². The summed E-state index contributed by atoms with van der Waals surface area (Å²) in [4.78, 5) is 2.41. The van der Waals surface area contributed by atoms with E-state index in [0.29, 0.717) is 11.7 Å². The molecule has 0 radical (unpaired) electrons. The van der Waals surface area contributed by atoms with E-state index < -0.39 is 0 Å². The molecule has 2 N–H and O–H groups in total. The number of piperidine rings is 1. The Kier molecular flexibility index (Phi) is 3.90. The number of benzene rings is 2. The number of phenolic OH excluding ortho intramolecular Hbond substituents is 2. The Bertz CT molecular complexity index is 855. The maximum absolute atomic E-state index is 9.71. The van der Waals surface area contributed by atoms with Gasteiger partial charge in [0, 0.05) is 17.3 Å². The van der Waals surface area contributed by atoms with Crippen molar-refractivity contribution in [2.24, 2.45) is 0 Å². The lowest BCUT2D eigenvalue weighted by Crippen LogP contribution is -2.33. The third-order valence-electron chi connectivity index (χ3n) is 4.88. The first-order valence-electron chi connectivity index (χ1n) is 8.39. The van der Waals surface area contributed by atoms with Crippen LogP contribution in [0.1, 0.15) is 30.1 Å². The van der Waals surface area contributed by atoms with Gasteiger partial charge in [0.1, 0.15) is 17.3 Å². The zero-order valence-corrected chi connectivity index (χ0v) is 13.5. The quantitative estimate of drug-likeness (QED) is 0.757. The van der Waals surface area contributed by atoms with E-state index >= 15 is 0 Å². The van der Waals surface area contributed by atoms with Gasteiger partial charge in [-0.25, -0.2) is 0 Å². The third-order valence-corrected chi connectivity index (χ3v) is 4.88. The fourth-order valence-electron chi connectivity index (χ4n) is 3.68. The van der Waals surface area contributed by atoms with Crippen molar-refractivity contribution in [3.63, 3.8) is 0 Å². The first-order chi connectivity index (χ1) is 11.7. The number of hydrogen-bond acceptors (Lipinski definition) is 4. The summed E-state index contributed by atoms with van der Waals surface area (Å²) in [5, 5.41) is 21.3. The summed E-state index contributed by atoms with van der Waals surface area (Å²) in [5.41, 5.74) is 1.20. The number of aromatic hydroxyl groups is 2. The Morgan fingerprint density at radius 3 is 2.83 bits per heavy atom. The van der Waals surface area contributed by atoms with E-state index in [1.165, 1.54) is 5.56 Å². The molecule has 0 amide bonds. The van der Waals surface area contributed by atoms with Crippen LogP contribution in [0.4, 0.5) is 0 Å². The highest BCUT2D eigenvalue weighted by atomic mass is 16.3. The molecule has 24 heavy (non-hydrogen) atoms. The van der Waals surface area contributed by atoms with Crippen LogP contribution in [-0.4, -0.2) is 28.2 Å². The van der Waals surface area contributed by atoms with Crippen LogP contribution in [0.2, 0.25) is 0 Å². The van der Waals surface area contributed by atoms with Crippen LogP contribution in [0.25, 0.3) is 10.8 Å². The summed E-state index contributed by atoms with van der Waals surface area (Å²) in [7, 11) is 0. The maximum Gasteiger partial charge on any atom is 0.125 e. The van der Waals surface area contributed by atoms with Crippen LogP contribution in [0.15, 0.2) is 53.1 Å². The Morgan fingerprint density at radius 2 is 1.96 bits per heavy atom. The van der Waals surface area contributed by atoms with E-state index in [0.717, 1.165) is 49.0 Å². The van der Waals surface area contributed by atoms with Crippen molar-refractivity contribution in [2.45, 2.75) is 25.3 Å². The number of fused-ring (bicyclic) bond motifs is 1. The van der Waals surface area contributed by atoms with Gasteiger partial charge >= 0.3 is 0 Å². The highest BCUT2D eigenvalue weighted by molar-refractivity contribution is 5.85. The highest BCUT2D eigenvalue weighted by Crippen LogP contribution is 2.31. The van der Waals surface area contributed by atoms with Gasteiger partial charge in [-0.15, -0.1) is 0 Å². The molecule has 0 aliphatic carbocycles. The normalized spacial score (nSPS) is 18.9. The average Bonchev–Trinajstić information content (AvgIpc) is 2.97. The monoisotopic (exact) mass is 323 g/mol. The van der Waals surface area contributed by atoms with E-state index in [9.17, 15) is 10.2 Å². The molecule has 4 nitrogen and oxygen atoms in total. The Labute approximate surface area is 140 Å². The van der Waals surface area contributed by atoms with Crippen molar-refractivity contribution in [1.82, 2.24) is 4.90 Å². The van der Waals surface area contributed by atoms with Crippen LogP contribution in [-0.2, 0) is 6.54 Å². The predicted octanol–water partition coefficient (Wildman–Crippen LogP) is 4.22. The molecule has 1 atom stereocenters. The smallest absolute Gasteiger partial charge is 0.125 e. The van der Waals surface area contributed by atoms with E-state index in [1.807, 2.05) is 18.2 Å². The van der Waals surface area contributed by atoms with Gasteiger partial charge < -0.3 is 14.6 Å². The molecule has 1 aliphatic rings. The van der Waals surface area contributed by atoms with Gasteiger partial charge in [-0.2, -0.15) is 0 Å². The lowest BCUT2D eigenvalue weighted by molar-refractivity contribution is 0.187. The molecular formula is C20H21NO3. The molecule has 0 spiro atoms. The van der Waals surface area contributed by atoms with Crippen molar-refractivity contribution >= 4 is 10.8 Å². The number of rotatable bonds is 3. The second kappa shape index (κ2) is 6.21. The second-order valence-electron chi connectivity index (χ2n) is 6.60. The van der Waals surface area contributed by atoms with Gasteiger partial charge in [-0.3, -0.25) is 4.90 Å². The van der Waals surface area contributed by atoms with Crippen molar-refractivity contribution in [3.8, 4) is 11.5 Å². The summed E-state index contributed by atoms with van der Waals surface area (Å²) in [6.07, 6.45) is 3.99. The number of hydrogen-bond donors (Lipinski definition) is 2. The van der Waals surface area contributed by atoms with Gasteiger partial charge in [0.15, 0.2) is 0 Å². The zero-order chi connectivity index (χ0) is 16.5. The minimum absolute atomic E-state index is 0.261. The van der Waals surface area contributed by atoms with Crippen LogP contribution in [0, 0.1) is 0 Å². The Balaban J connectivity index is 1.52. The van der Waals surface area contributed by atoms with Gasteiger partial charge in [0.2, 0.25) is 0 Å². The lowest BCUT2D eigenvalue weighted by Gasteiger charge is -2.32. The number of nitrogens with zero attached hydrogens (tertiary/aromatic N) is 1. The zero-order valence-electron chi connectivity index (χ0n) is 13.5. The third kappa shape index (κ3) is 2.97. The van der Waals surface area contributed by atoms with Crippen molar-refractivity contribution in [2.75, 3.05) is 13.1 Å². The van der Waals surface area contributed by atoms with Crippen molar-refractivity contribution < 1.29 is 14.6 Å². The molecule has 4 rings (SSSR count). The Morgan fingerprint density at radius 1 is 1.08 bits per heavy atom. The van der Waals surface area contributed by atoms with Gasteiger partial charge in [0.05, 0.1) is 12.8 Å². The molecule has 1 unspecified atom stereocenters. The van der Waals surface area contributed by atoms with Crippen LogP contribution in [0.3, 0.4) is 0 Å². The van der Waals surface area contributed by atoms with Gasteiger partial charge in [-0.05, 0) is 61.2 Å². The fourth-order valence-corrected chi connectivity index (χ4v) is 3.68. The summed E-state index contributed by atoms with van der Waals surface area (Å²) >= 11 is 0. The highest BCUT2D eigenvalue weighted by Gasteiger charge is 2.23. The first-order valence-corrected chi connectivity index (χ1v) is 8.39. The molecule has 2 heterocycles. The number of furan rings is 1. The van der Waals surface area contributed by atoms with Gasteiger partial charge in [-0.1, -0.05) is 12.1 Å². The minimum Gasteiger partial charge on any atom is -0.508 e. The first kappa shape index (κ1) is 15.1. The van der Waals surface area contributed by atoms with Crippen LogP contribution in [0.5, 0.6) is 11.5 Å². The predicted molar refractivity (Wildman–Crippen MR) is 93.2 cm³/mol. The average molecular weight is 323 g/mol. The number of likely N-dealkylation sites (tertiary alicyclic amines) is 1. The van der Waals surface area contributed by atoms with E-state index in [2.05, 4.69) is 11.0 Å². The van der Waals surface area contributed by atoms with Crippen LogP contribution < -0.4 is 0 Å². The van der Waals surface area contributed by atoms with Gasteiger partial charge in [0.25, 0.3) is 0 Å². The summed E-state index contributed by atoms with van der Waals surface area (Å²) < 4.78 is 5.74. The maximum atomic E-state index is 9.71.